The number of piperazine rings is 1. The first-order valence-electron chi connectivity index (χ1n) is 8.64. The monoisotopic (exact) mass is 493 g/mol. The smallest absolute Gasteiger partial charge is 0.219 e. The van der Waals surface area contributed by atoms with Crippen LogP contribution in [0.1, 0.15) is 12.5 Å². The molecular formula is C18H29ClIN5O. The van der Waals surface area contributed by atoms with Gasteiger partial charge in [-0.3, -0.25) is 14.7 Å². The van der Waals surface area contributed by atoms with E-state index in [2.05, 4.69) is 20.1 Å². The van der Waals surface area contributed by atoms with E-state index in [9.17, 15) is 4.79 Å². The number of guanidine groups is 1. The molecule has 0 saturated carbocycles. The Morgan fingerprint density at radius 1 is 1.27 bits per heavy atom. The summed E-state index contributed by atoms with van der Waals surface area (Å²) in [7, 11) is 3.79. The quantitative estimate of drug-likeness (QED) is 0.388. The Hall–Kier alpha value is -1.06. The molecule has 146 valence electrons. The zero-order valence-corrected chi connectivity index (χ0v) is 18.8. The average molecular weight is 494 g/mol. The van der Waals surface area contributed by atoms with Crippen molar-refractivity contribution in [2.45, 2.75) is 13.5 Å². The molecule has 1 fully saturated rings. The molecule has 26 heavy (non-hydrogen) atoms. The van der Waals surface area contributed by atoms with Crippen LogP contribution in [0.25, 0.3) is 0 Å². The Balaban J connectivity index is 0.00000338. The Morgan fingerprint density at radius 2 is 1.92 bits per heavy atom. The van der Waals surface area contributed by atoms with Gasteiger partial charge in [-0.1, -0.05) is 29.8 Å². The summed E-state index contributed by atoms with van der Waals surface area (Å²) < 4.78 is 0. The lowest BCUT2D eigenvalue weighted by molar-refractivity contribution is -0.130. The van der Waals surface area contributed by atoms with E-state index in [0.717, 1.165) is 55.8 Å². The van der Waals surface area contributed by atoms with Crippen molar-refractivity contribution < 1.29 is 4.79 Å². The van der Waals surface area contributed by atoms with Crippen LogP contribution in [0, 0.1) is 0 Å². The summed E-state index contributed by atoms with van der Waals surface area (Å²) >= 11 is 6.23. The van der Waals surface area contributed by atoms with Crippen LogP contribution in [0.15, 0.2) is 29.3 Å². The number of amides is 1. The molecule has 1 aliphatic heterocycles. The lowest BCUT2D eigenvalue weighted by atomic mass is 10.2. The molecule has 1 saturated heterocycles. The number of nitrogens with zero attached hydrogens (tertiary/aromatic N) is 4. The summed E-state index contributed by atoms with van der Waals surface area (Å²) in [6.45, 7) is 7.58. The second-order valence-electron chi connectivity index (χ2n) is 6.27. The summed E-state index contributed by atoms with van der Waals surface area (Å²) in [6.07, 6.45) is 0. The third-order valence-corrected chi connectivity index (χ3v) is 4.84. The summed E-state index contributed by atoms with van der Waals surface area (Å²) in [5.74, 6) is 1.02. The molecule has 0 atom stereocenters. The highest BCUT2D eigenvalue weighted by molar-refractivity contribution is 14.0. The number of carbonyl (C=O) groups excluding carboxylic acids is 1. The third-order valence-electron chi connectivity index (χ3n) is 4.47. The maximum absolute atomic E-state index is 11.4. The number of halogens is 2. The molecule has 2 rings (SSSR count). The second-order valence-corrected chi connectivity index (χ2v) is 6.68. The molecular weight excluding hydrogens is 465 g/mol. The molecule has 6 nitrogen and oxygen atoms in total. The van der Waals surface area contributed by atoms with Gasteiger partial charge in [0.15, 0.2) is 5.96 Å². The number of aliphatic imine (C=N–C) groups is 1. The largest absolute Gasteiger partial charge is 0.355 e. The Morgan fingerprint density at radius 3 is 2.50 bits per heavy atom. The van der Waals surface area contributed by atoms with Crippen LogP contribution < -0.4 is 5.32 Å². The van der Waals surface area contributed by atoms with Crippen molar-refractivity contribution in [3.05, 3.63) is 34.9 Å². The Kier molecular flexibility index (Phi) is 10.3. The van der Waals surface area contributed by atoms with Crippen LogP contribution >= 0.6 is 35.6 Å². The van der Waals surface area contributed by atoms with E-state index >= 15 is 0 Å². The topological polar surface area (TPSA) is 51.2 Å². The van der Waals surface area contributed by atoms with Gasteiger partial charge in [-0.15, -0.1) is 24.0 Å². The number of benzene rings is 1. The lowest BCUT2D eigenvalue weighted by Gasteiger charge is -2.34. The fraction of sp³-hybridized carbons (Fsp3) is 0.556. The molecule has 1 aliphatic rings. The predicted octanol–water partition coefficient (Wildman–Crippen LogP) is 2.13. The van der Waals surface area contributed by atoms with Crippen LogP contribution in [0.5, 0.6) is 0 Å². The minimum Gasteiger partial charge on any atom is -0.355 e. The molecule has 1 aromatic carbocycles. The SMILES string of the molecule is CN=C(NCCN1CCN(C(C)=O)CC1)N(C)Cc1ccccc1Cl.I. The Bertz CT molecular complexity index is 605. The maximum atomic E-state index is 11.4. The van der Waals surface area contributed by atoms with Gasteiger partial charge in [0, 0.05) is 71.9 Å². The number of carbonyl (C=O) groups is 1. The third kappa shape index (κ3) is 6.92. The van der Waals surface area contributed by atoms with Gasteiger partial charge < -0.3 is 15.1 Å². The van der Waals surface area contributed by atoms with Gasteiger partial charge >= 0.3 is 0 Å². The fourth-order valence-electron chi connectivity index (χ4n) is 2.95. The number of hydrogen-bond acceptors (Lipinski definition) is 3. The van der Waals surface area contributed by atoms with Crippen molar-refractivity contribution >= 4 is 47.4 Å². The van der Waals surface area contributed by atoms with Crippen molar-refractivity contribution in [1.29, 1.82) is 0 Å². The van der Waals surface area contributed by atoms with E-state index in [1.165, 1.54) is 0 Å². The second kappa shape index (κ2) is 11.6. The number of hydrogen-bond donors (Lipinski definition) is 1. The lowest BCUT2D eigenvalue weighted by Crippen LogP contribution is -2.50. The van der Waals surface area contributed by atoms with Gasteiger partial charge in [0.1, 0.15) is 0 Å². The molecule has 0 radical (unpaired) electrons. The maximum Gasteiger partial charge on any atom is 0.219 e. The number of rotatable bonds is 5. The van der Waals surface area contributed by atoms with Crippen molar-refractivity contribution in [2.75, 3.05) is 53.4 Å². The molecule has 1 aromatic rings. The highest BCUT2D eigenvalue weighted by atomic mass is 127. The van der Waals surface area contributed by atoms with Crippen LogP contribution in [0.2, 0.25) is 5.02 Å². The first kappa shape index (κ1) is 23.0. The highest BCUT2D eigenvalue weighted by Crippen LogP contribution is 2.16. The van der Waals surface area contributed by atoms with Gasteiger partial charge in [-0.2, -0.15) is 0 Å². The van der Waals surface area contributed by atoms with Crippen molar-refractivity contribution in [1.82, 2.24) is 20.0 Å². The van der Waals surface area contributed by atoms with Crippen molar-refractivity contribution in [3.63, 3.8) is 0 Å². The van der Waals surface area contributed by atoms with E-state index in [1.807, 2.05) is 36.2 Å². The minimum atomic E-state index is 0. The van der Waals surface area contributed by atoms with Crippen LogP contribution in [0.4, 0.5) is 0 Å². The van der Waals surface area contributed by atoms with Gasteiger partial charge in [0.2, 0.25) is 5.91 Å². The minimum absolute atomic E-state index is 0. The van der Waals surface area contributed by atoms with Gasteiger partial charge in [-0.05, 0) is 11.6 Å². The van der Waals surface area contributed by atoms with Crippen LogP contribution in [-0.4, -0.2) is 79.9 Å². The van der Waals surface area contributed by atoms with E-state index in [4.69, 9.17) is 11.6 Å². The standard InChI is InChI=1S/C18H28ClN5O.HI/c1-15(25)24-12-10-23(11-13-24)9-8-21-18(20-2)22(3)14-16-6-4-5-7-17(16)19;/h4-7H,8-14H2,1-3H3,(H,20,21);1H. The van der Waals surface area contributed by atoms with E-state index < -0.39 is 0 Å². The molecule has 8 heteroatoms. The van der Waals surface area contributed by atoms with Crippen molar-refractivity contribution in [2.24, 2.45) is 4.99 Å². The summed E-state index contributed by atoms with van der Waals surface area (Å²) in [4.78, 5) is 22.0. The molecule has 0 aromatic heterocycles. The van der Waals surface area contributed by atoms with Crippen molar-refractivity contribution in [3.8, 4) is 0 Å². The van der Waals surface area contributed by atoms with E-state index in [-0.39, 0.29) is 29.9 Å². The van der Waals surface area contributed by atoms with E-state index in [1.54, 1.807) is 14.0 Å². The molecule has 0 spiro atoms. The predicted molar refractivity (Wildman–Crippen MR) is 118 cm³/mol. The molecule has 0 unspecified atom stereocenters. The molecule has 0 aliphatic carbocycles. The van der Waals surface area contributed by atoms with Gasteiger partial charge in [0.25, 0.3) is 0 Å². The average Bonchev–Trinajstić information content (AvgIpc) is 2.61. The summed E-state index contributed by atoms with van der Waals surface area (Å²) in [5.41, 5.74) is 1.08. The fourth-order valence-corrected chi connectivity index (χ4v) is 3.15. The first-order chi connectivity index (χ1) is 12.0. The van der Waals surface area contributed by atoms with Gasteiger partial charge in [-0.25, -0.2) is 0 Å². The highest BCUT2D eigenvalue weighted by Gasteiger charge is 2.18. The first-order valence-corrected chi connectivity index (χ1v) is 9.02. The van der Waals surface area contributed by atoms with Crippen LogP contribution in [-0.2, 0) is 11.3 Å². The van der Waals surface area contributed by atoms with Gasteiger partial charge in [0.05, 0.1) is 0 Å². The zero-order chi connectivity index (χ0) is 18.2. The van der Waals surface area contributed by atoms with E-state index in [0.29, 0.717) is 6.54 Å². The molecule has 1 amide bonds. The van der Waals surface area contributed by atoms with Crippen LogP contribution in [0.3, 0.4) is 0 Å². The normalized spacial score (nSPS) is 15.4. The summed E-state index contributed by atoms with van der Waals surface area (Å²) in [5, 5.41) is 4.17. The number of nitrogens with one attached hydrogen (secondary N) is 1. The molecule has 0 bridgehead atoms. The summed E-state index contributed by atoms with van der Waals surface area (Å²) in [6, 6.07) is 7.86. The Labute approximate surface area is 178 Å². The zero-order valence-electron chi connectivity index (χ0n) is 15.7. The molecule has 1 heterocycles. The molecule has 1 N–H and O–H groups in total.